The first-order valence-electron chi connectivity index (χ1n) is 6.81. The summed E-state index contributed by atoms with van der Waals surface area (Å²) < 4.78 is 1.96. The van der Waals surface area contributed by atoms with E-state index in [0.29, 0.717) is 0 Å². The molecule has 5 nitrogen and oxygen atoms in total. The third kappa shape index (κ3) is 2.32. The van der Waals surface area contributed by atoms with Crippen LogP contribution >= 0.6 is 0 Å². The average Bonchev–Trinajstić information content (AvgIpc) is 2.91. The van der Waals surface area contributed by atoms with Crippen molar-refractivity contribution in [3.8, 4) is 11.4 Å². The molecule has 0 aliphatic heterocycles. The molecule has 102 valence electrons. The predicted octanol–water partition coefficient (Wildman–Crippen LogP) is 2.85. The first-order chi connectivity index (χ1) is 9.16. The molecular formula is C14H21N5. The van der Waals surface area contributed by atoms with Gasteiger partial charge in [0, 0.05) is 11.3 Å². The Morgan fingerprint density at radius 1 is 1.16 bits per heavy atom. The molecule has 2 N–H and O–H groups in total. The number of rotatable bonds is 5. The van der Waals surface area contributed by atoms with Gasteiger partial charge in [-0.1, -0.05) is 32.9 Å². The zero-order chi connectivity index (χ0) is 13.9. The van der Waals surface area contributed by atoms with E-state index in [1.165, 1.54) is 0 Å². The van der Waals surface area contributed by atoms with Crippen LogP contribution in [0.5, 0.6) is 0 Å². The van der Waals surface area contributed by atoms with Crippen molar-refractivity contribution in [1.82, 2.24) is 20.2 Å². The monoisotopic (exact) mass is 259 g/mol. The molecule has 1 aromatic carbocycles. The molecule has 0 aliphatic rings. The number of benzene rings is 1. The highest BCUT2D eigenvalue weighted by molar-refractivity contribution is 5.60. The van der Waals surface area contributed by atoms with Crippen molar-refractivity contribution >= 4 is 5.69 Å². The van der Waals surface area contributed by atoms with Gasteiger partial charge in [-0.2, -0.15) is 0 Å². The zero-order valence-electron chi connectivity index (χ0n) is 11.8. The van der Waals surface area contributed by atoms with E-state index in [0.717, 1.165) is 36.3 Å². The quantitative estimate of drug-likeness (QED) is 0.838. The lowest BCUT2D eigenvalue weighted by Crippen LogP contribution is -2.33. The van der Waals surface area contributed by atoms with Crippen molar-refractivity contribution in [2.45, 2.75) is 45.6 Å². The highest BCUT2D eigenvalue weighted by atomic mass is 15.6. The van der Waals surface area contributed by atoms with Gasteiger partial charge < -0.3 is 5.73 Å². The highest BCUT2D eigenvalue weighted by Crippen LogP contribution is 2.32. The van der Waals surface area contributed by atoms with E-state index in [-0.39, 0.29) is 5.54 Å². The van der Waals surface area contributed by atoms with E-state index in [1.54, 1.807) is 0 Å². The Balaban J connectivity index is 2.53. The maximum Gasteiger partial charge on any atom is 0.182 e. The smallest absolute Gasteiger partial charge is 0.182 e. The summed E-state index contributed by atoms with van der Waals surface area (Å²) in [7, 11) is 0. The largest absolute Gasteiger partial charge is 0.399 e. The van der Waals surface area contributed by atoms with Gasteiger partial charge in [0.1, 0.15) is 0 Å². The van der Waals surface area contributed by atoms with E-state index in [1.807, 2.05) is 28.9 Å². The molecule has 19 heavy (non-hydrogen) atoms. The minimum absolute atomic E-state index is 0.0244. The van der Waals surface area contributed by atoms with Crippen LogP contribution in [0.2, 0.25) is 0 Å². The van der Waals surface area contributed by atoms with E-state index in [4.69, 9.17) is 5.73 Å². The minimum Gasteiger partial charge on any atom is -0.399 e. The standard InChI is InChI=1S/C14H21N5/c1-4-14(5-2,6-3)19-13(16-17-18-19)11-8-7-9-12(15)10-11/h7-10H,4-6,15H2,1-3H3. The average molecular weight is 259 g/mol. The lowest BCUT2D eigenvalue weighted by Gasteiger charge is -2.31. The topological polar surface area (TPSA) is 69.6 Å². The van der Waals surface area contributed by atoms with Crippen molar-refractivity contribution in [3.05, 3.63) is 24.3 Å². The van der Waals surface area contributed by atoms with Crippen molar-refractivity contribution in [3.63, 3.8) is 0 Å². The second-order valence-electron chi connectivity index (χ2n) is 4.82. The molecular weight excluding hydrogens is 238 g/mol. The summed E-state index contributed by atoms with van der Waals surface area (Å²) in [4.78, 5) is 0. The summed E-state index contributed by atoms with van der Waals surface area (Å²) in [5.74, 6) is 0.790. The second kappa shape index (κ2) is 5.38. The SMILES string of the molecule is CCC(CC)(CC)n1nnnc1-c1cccc(N)c1. The van der Waals surface area contributed by atoms with Crippen molar-refractivity contribution in [2.24, 2.45) is 0 Å². The molecule has 1 heterocycles. The second-order valence-corrected chi connectivity index (χ2v) is 4.82. The molecule has 0 saturated carbocycles. The summed E-state index contributed by atoms with van der Waals surface area (Å²) in [6.07, 6.45) is 3.00. The van der Waals surface area contributed by atoms with Crippen LogP contribution in [0.15, 0.2) is 24.3 Å². The molecule has 5 heteroatoms. The number of nitrogens with two attached hydrogens (primary N) is 1. The molecule has 0 unspecified atom stereocenters. The number of tetrazole rings is 1. The Labute approximate surface area is 113 Å². The van der Waals surface area contributed by atoms with Crippen LogP contribution in [0.4, 0.5) is 5.69 Å². The summed E-state index contributed by atoms with van der Waals surface area (Å²) in [6, 6.07) is 7.69. The summed E-state index contributed by atoms with van der Waals surface area (Å²) in [5, 5.41) is 12.3. The highest BCUT2D eigenvalue weighted by Gasteiger charge is 2.30. The summed E-state index contributed by atoms with van der Waals surface area (Å²) >= 11 is 0. The summed E-state index contributed by atoms with van der Waals surface area (Å²) in [6.45, 7) is 6.54. The van der Waals surface area contributed by atoms with Gasteiger partial charge in [-0.25, -0.2) is 4.68 Å². The van der Waals surface area contributed by atoms with Crippen molar-refractivity contribution in [1.29, 1.82) is 0 Å². The molecule has 0 aliphatic carbocycles. The van der Waals surface area contributed by atoms with Gasteiger partial charge >= 0.3 is 0 Å². The number of nitrogen functional groups attached to an aromatic ring is 1. The summed E-state index contributed by atoms with van der Waals surface area (Å²) in [5.41, 5.74) is 7.51. The molecule has 0 amide bonds. The van der Waals surface area contributed by atoms with E-state index < -0.39 is 0 Å². The Bertz CT molecular complexity index is 534. The van der Waals surface area contributed by atoms with Crippen LogP contribution in [-0.4, -0.2) is 20.2 Å². The maximum absolute atomic E-state index is 5.84. The van der Waals surface area contributed by atoms with Crippen molar-refractivity contribution in [2.75, 3.05) is 5.73 Å². The van der Waals surface area contributed by atoms with Gasteiger partial charge in [0.05, 0.1) is 5.54 Å². The van der Waals surface area contributed by atoms with Crippen LogP contribution in [0, 0.1) is 0 Å². The Hall–Kier alpha value is -1.91. The first-order valence-corrected chi connectivity index (χ1v) is 6.81. The van der Waals surface area contributed by atoms with Gasteiger partial charge in [-0.15, -0.1) is 5.10 Å². The molecule has 2 aromatic rings. The minimum atomic E-state index is -0.0244. The van der Waals surface area contributed by atoms with Crippen LogP contribution in [0.25, 0.3) is 11.4 Å². The number of aromatic nitrogens is 4. The molecule has 0 bridgehead atoms. The van der Waals surface area contributed by atoms with Crippen LogP contribution in [0.1, 0.15) is 40.0 Å². The fourth-order valence-electron chi connectivity index (χ4n) is 2.56. The van der Waals surface area contributed by atoms with E-state index in [2.05, 4.69) is 36.3 Å². The zero-order valence-corrected chi connectivity index (χ0v) is 11.8. The maximum atomic E-state index is 5.84. The molecule has 2 rings (SSSR count). The van der Waals surface area contributed by atoms with Crippen LogP contribution < -0.4 is 5.73 Å². The van der Waals surface area contributed by atoms with Gasteiger partial charge in [0.2, 0.25) is 0 Å². The molecule has 0 radical (unpaired) electrons. The van der Waals surface area contributed by atoms with Crippen LogP contribution in [0.3, 0.4) is 0 Å². The van der Waals surface area contributed by atoms with E-state index in [9.17, 15) is 0 Å². The third-order valence-corrected chi connectivity index (χ3v) is 4.04. The van der Waals surface area contributed by atoms with Gasteiger partial charge in [0.15, 0.2) is 5.82 Å². The molecule has 1 aromatic heterocycles. The predicted molar refractivity (Wildman–Crippen MR) is 76.5 cm³/mol. The number of hydrogen-bond donors (Lipinski definition) is 1. The number of nitrogens with zero attached hydrogens (tertiary/aromatic N) is 4. The Morgan fingerprint density at radius 2 is 1.84 bits per heavy atom. The molecule has 0 atom stereocenters. The first kappa shape index (κ1) is 13.5. The van der Waals surface area contributed by atoms with Gasteiger partial charge in [-0.05, 0) is 41.8 Å². The third-order valence-electron chi connectivity index (χ3n) is 4.04. The Kier molecular flexibility index (Phi) is 3.83. The lowest BCUT2D eigenvalue weighted by atomic mass is 9.89. The van der Waals surface area contributed by atoms with E-state index >= 15 is 0 Å². The number of hydrogen-bond acceptors (Lipinski definition) is 4. The number of anilines is 1. The van der Waals surface area contributed by atoms with Gasteiger partial charge in [0.25, 0.3) is 0 Å². The normalized spacial score (nSPS) is 11.7. The Morgan fingerprint density at radius 3 is 2.42 bits per heavy atom. The molecule has 0 fully saturated rings. The van der Waals surface area contributed by atoms with Crippen molar-refractivity contribution < 1.29 is 0 Å². The molecule has 0 spiro atoms. The lowest BCUT2D eigenvalue weighted by molar-refractivity contribution is 0.223. The fraction of sp³-hybridized carbons (Fsp3) is 0.500. The fourth-order valence-corrected chi connectivity index (χ4v) is 2.56. The van der Waals surface area contributed by atoms with Gasteiger partial charge in [-0.3, -0.25) is 0 Å². The molecule has 0 saturated heterocycles. The van der Waals surface area contributed by atoms with Crippen LogP contribution in [-0.2, 0) is 5.54 Å².